The fourth-order valence-corrected chi connectivity index (χ4v) is 3.05. The van der Waals surface area contributed by atoms with E-state index >= 15 is 0 Å². The smallest absolute Gasteiger partial charge is 0.223 e. The van der Waals surface area contributed by atoms with Crippen molar-refractivity contribution in [2.45, 2.75) is 84.4 Å². The van der Waals surface area contributed by atoms with Crippen LogP contribution < -0.4 is 10.6 Å². The van der Waals surface area contributed by atoms with E-state index in [1.165, 1.54) is 0 Å². The summed E-state index contributed by atoms with van der Waals surface area (Å²) in [6, 6.07) is 0.332. The SMILES string of the molecule is CCC/C=C/CC(=O)NCC(C)N(CC1CO1)C(C)CNC(=O)C/C=C/CCC. The molecule has 0 radical (unpaired) electrons. The molecule has 6 nitrogen and oxygen atoms in total. The molecule has 3 unspecified atom stereocenters. The van der Waals surface area contributed by atoms with Crippen LogP contribution in [0.1, 0.15) is 66.2 Å². The van der Waals surface area contributed by atoms with Crippen LogP contribution in [0, 0.1) is 0 Å². The second-order valence-corrected chi connectivity index (χ2v) is 7.89. The van der Waals surface area contributed by atoms with Crippen molar-refractivity contribution in [3.63, 3.8) is 0 Å². The van der Waals surface area contributed by atoms with Crippen LogP contribution in [0.2, 0.25) is 0 Å². The largest absolute Gasteiger partial charge is 0.372 e. The molecule has 166 valence electrons. The van der Waals surface area contributed by atoms with Gasteiger partial charge in [-0.1, -0.05) is 51.0 Å². The number of amides is 2. The second kappa shape index (κ2) is 15.2. The number of rotatable bonds is 16. The van der Waals surface area contributed by atoms with Gasteiger partial charge in [0.15, 0.2) is 0 Å². The molecule has 1 fully saturated rings. The highest BCUT2D eigenvalue weighted by Crippen LogP contribution is 2.15. The third kappa shape index (κ3) is 12.5. The van der Waals surface area contributed by atoms with Crippen molar-refractivity contribution in [1.29, 1.82) is 0 Å². The van der Waals surface area contributed by atoms with E-state index in [-0.39, 0.29) is 30.0 Å². The van der Waals surface area contributed by atoms with Crippen molar-refractivity contribution in [2.75, 3.05) is 26.2 Å². The fraction of sp³-hybridized carbons (Fsp3) is 0.739. The molecule has 0 aliphatic carbocycles. The molecule has 1 rings (SSSR count). The van der Waals surface area contributed by atoms with Crippen LogP contribution in [0.25, 0.3) is 0 Å². The summed E-state index contributed by atoms with van der Waals surface area (Å²) in [4.78, 5) is 26.4. The first-order valence-corrected chi connectivity index (χ1v) is 11.2. The Bertz CT molecular complexity index is 489. The van der Waals surface area contributed by atoms with Gasteiger partial charge >= 0.3 is 0 Å². The molecule has 0 spiro atoms. The van der Waals surface area contributed by atoms with Gasteiger partial charge in [0.25, 0.3) is 0 Å². The molecule has 0 aromatic carbocycles. The lowest BCUT2D eigenvalue weighted by Crippen LogP contribution is -2.51. The monoisotopic (exact) mass is 407 g/mol. The number of allylic oxidation sites excluding steroid dienone is 2. The Balaban J connectivity index is 2.41. The number of nitrogens with zero attached hydrogens (tertiary/aromatic N) is 1. The number of hydrogen-bond acceptors (Lipinski definition) is 4. The first-order valence-electron chi connectivity index (χ1n) is 11.2. The molecular weight excluding hydrogens is 366 g/mol. The van der Waals surface area contributed by atoms with E-state index in [9.17, 15) is 9.59 Å². The average molecular weight is 408 g/mol. The summed E-state index contributed by atoms with van der Waals surface area (Å²) in [5.41, 5.74) is 0. The topological polar surface area (TPSA) is 74.0 Å². The zero-order valence-electron chi connectivity index (χ0n) is 18.8. The van der Waals surface area contributed by atoms with Gasteiger partial charge in [-0.2, -0.15) is 0 Å². The van der Waals surface area contributed by atoms with Crippen LogP contribution >= 0.6 is 0 Å². The van der Waals surface area contributed by atoms with E-state index in [2.05, 4.69) is 55.4 Å². The van der Waals surface area contributed by atoms with E-state index in [1.54, 1.807) is 0 Å². The summed E-state index contributed by atoms with van der Waals surface area (Å²) in [5.74, 6) is 0.0956. The van der Waals surface area contributed by atoms with Gasteiger partial charge in [0, 0.05) is 44.6 Å². The average Bonchev–Trinajstić information content (AvgIpc) is 3.53. The van der Waals surface area contributed by atoms with E-state index in [0.717, 1.165) is 38.8 Å². The van der Waals surface area contributed by atoms with E-state index < -0.39 is 0 Å². The van der Waals surface area contributed by atoms with Crippen molar-refractivity contribution < 1.29 is 14.3 Å². The Kier molecular flexibility index (Phi) is 13.3. The second-order valence-electron chi connectivity index (χ2n) is 7.89. The Labute approximate surface area is 177 Å². The molecule has 1 aliphatic heterocycles. The first kappa shape index (κ1) is 25.4. The van der Waals surface area contributed by atoms with E-state index in [1.807, 2.05) is 12.2 Å². The maximum atomic E-state index is 12.0. The van der Waals surface area contributed by atoms with Crippen LogP contribution in [0.3, 0.4) is 0 Å². The summed E-state index contributed by atoms with van der Waals surface area (Å²) >= 11 is 0. The van der Waals surface area contributed by atoms with Crippen molar-refractivity contribution in [3.8, 4) is 0 Å². The quantitative estimate of drug-likeness (QED) is 0.304. The number of epoxide rings is 1. The molecule has 2 amide bonds. The van der Waals surface area contributed by atoms with E-state index in [0.29, 0.717) is 25.9 Å². The molecule has 1 aliphatic rings. The summed E-state index contributed by atoms with van der Waals surface area (Å²) in [5, 5.41) is 6.05. The minimum absolute atomic E-state index is 0.0478. The predicted octanol–water partition coefficient (Wildman–Crippen LogP) is 3.19. The van der Waals surface area contributed by atoms with Gasteiger partial charge in [0.1, 0.15) is 0 Å². The lowest BCUT2D eigenvalue weighted by Gasteiger charge is -2.34. The number of carbonyl (C=O) groups is 2. The van der Waals surface area contributed by atoms with Crippen molar-refractivity contribution in [3.05, 3.63) is 24.3 Å². The summed E-state index contributed by atoms with van der Waals surface area (Å²) in [6.07, 6.45) is 13.3. The zero-order valence-corrected chi connectivity index (χ0v) is 18.8. The molecule has 0 bridgehead atoms. The molecule has 29 heavy (non-hydrogen) atoms. The lowest BCUT2D eigenvalue weighted by molar-refractivity contribution is -0.121. The minimum Gasteiger partial charge on any atom is -0.372 e. The summed E-state index contributed by atoms with van der Waals surface area (Å²) in [7, 11) is 0. The zero-order chi connectivity index (χ0) is 21.5. The first-order chi connectivity index (χ1) is 14.0. The molecule has 3 atom stereocenters. The molecule has 0 saturated carbocycles. The Morgan fingerprint density at radius 2 is 1.38 bits per heavy atom. The van der Waals surface area contributed by atoms with E-state index in [4.69, 9.17) is 4.74 Å². The lowest BCUT2D eigenvalue weighted by atomic mass is 10.1. The molecule has 0 aromatic heterocycles. The highest BCUT2D eigenvalue weighted by atomic mass is 16.6. The molecule has 1 saturated heterocycles. The molecule has 6 heteroatoms. The normalized spacial score (nSPS) is 18.3. The Hall–Kier alpha value is -1.66. The molecule has 1 heterocycles. The summed E-state index contributed by atoms with van der Waals surface area (Å²) < 4.78 is 5.41. The van der Waals surface area contributed by atoms with Crippen LogP contribution in [0.15, 0.2) is 24.3 Å². The molecular formula is C23H41N3O3. The maximum absolute atomic E-state index is 12.0. The van der Waals surface area contributed by atoms with Crippen molar-refractivity contribution in [2.24, 2.45) is 0 Å². The fourth-order valence-electron chi connectivity index (χ4n) is 3.05. The maximum Gasteiger partial charge on any atom is 0.223 e. The number of nitrogens with one attached hydrogen (secondary N) is 2. The highest BCUT2D eigenvalue weighted by molar-refractivity contribution is 5.77. The van der Waals surface area contributed by atoms with Gasteiger partial charge in [-0.25, -0.2) is 0 Å². The molecule has 2 N–H and O–H groups in total. The van der Waals surface area contributed by atoms with Crippen LogP contribution in [0.5, 0.6) is 0 Å². The van der Waals surface area contributed by atoms with Crippen LogP contribution in [-0.2, 0) is 14.3 Å². The summed E-state index contributed by atoms with van der Waals surface area (Å²) in [6.45, 7) is 11.3. The van der Waals surface area contributed by atoms with Gasteiger partial charge < -0.3 is 15.4 Å². The predicted molar refractivity (Wildman–Crippen MR) is 119 cm³/mol. The van der Waals surface area contributed by atoms with Crippen molar-refractivity contribution >= 4 is 11.8 Å². The molecule has 0 aromatic rings. The third-order valence-corrected chi connectivity index (χ3v) is 4.99. The van der Waals surface area contributed by atoms with Gasteiger partial charge in [-0.3, -0.25) is 14.5 Å². The third-order valence-electron chi connectivity index (χ3n) is 4.99. The number of hydrogen-bond donors (Lipinski definition) is 2. The number of unbranched alkanes of at least 4 members (excludes halogenated alkanes) is 2. The van der Waals surface area contributed by atoms with Crippen LogP contribution in [-0.4, -0.2) is 61.1 Å². The van der Waals surface area contributed by atoms with Gasteiger partial charge in [0.05, 0.1) is 12.7 Å². The van der Waals surface area contributed by atoms with Gasteiger partial charge in [-0.05, 0) is 26.7 Å². The van der Waals surface area contributed by atoms with Crippen molar-refractivity contribution in [1.82, 2.24) is 15.5 Å². The Morgan fingerprint density at radius 1 is 0.931 bits per heavy atom. The van der Waals surface area contributed by atoms with Gasteiger partial charge in [0.2, 0.25) is 11.8 Å². The van der Waals surface area contributed by atoms with Crippen LogP contribution in [0.4, 0.5) is 0 Å². The standard InChI is InChI=1S/C23H41N3O3/c1-5-7-9-11-13-22(27)24-15-19(3)26(17-21-18-29-21)20(4)16-25-23(28)14-12-10-8-6-2/h9-12,19-21H,5-8,13-18H2,1-4H3,(H,24,27)(H,25,28)/b11-9+,12-10+. The number of carbonyl (C=O) groups excluding carboxylic acids is 2. The van der Waals surface area contributed by atoms with Gasteiger partial charge in [-0.15, -0.1) is 0 Å². The minimum atomic E-state index is 0.0478. The highest BCUT2D eigenvalue weighted by Gasteiger charge is 2.30. The number of ether oxygens (including phenoxy) is 1. The Morgan fingerprint density at radius 3 is 1.76 bits per heavy atom.